The van der Waals surface area contributed by atoms with Gasteiger partial charge in [0.1, 0.15) is 18.2 Å². The third-order valence-electron chi connectivity index (χ3n) is 4.18. The van der Waals surface area contributed by atoms with E-state index in [0.29, 0.717) is 23.0 Å². The molecule has 5 nitrogen and oxygen atoms in total. The van der Waals surface area contributed by atoms with Gasteiger partial charge in [-0.25, -0.2) is 9.49 Å². The van der Waals surface area contributed by atoms with Crippen LogP contribution in [-0.4, -0.2) is 21.1 Å². The van der Waals surface area contributed by atoms with E-state index in [4.69, 9.17) is 17.0 Å². The summed E-state index contributed by atoms with van der Waals surface area (Å²) < 4.78 is 20.9. The van der Waals surface area contributed by atoms with Crippen LogP contribution in [0.3, 0.4) is 0 Å². The number of nitrogens with one attached hydrogen (secondary N) is 1. The number of H-pyrrole nitrogens is 1. The lowest BCUT2D eigenvalue weighted by Gasteiger charge is -2.06. The second-order valence-corrected chi connectivity index (χ2v) is 6.65. The predicted octanol–water partition coefficient (Wildman–Crippen LogP) is 5.21. The Morgan fingerprint density at radius 2 is 1.83 bits per heavy atom. The van der Waals surface area contributed by atoms with E-state index in [1.54, 1.807) is 17.0 Å². The number of benzene rings is 3. The van der Waals surface area contributed by atoms with Gasteiger partial charge in [-0.05, 0) is 59.7 Å². The minimum absolute atomic E-state index is 0.273. The van der Waals surface area contributed by atoms with E-state index >= 15 is 0 Å². The molecule has 7 heteroatoms. The Morgan fingerprint density at radius 1 is 1.03 bits per heavy atom. The summed E-state index contributed by atoms with van der Waals surface area (Å²) in [6.07, 6.45) is 1.70. The molecule has 0 saturated carbocycles. The topological polar surface area (TPSA) is 55.2 Å². The van der Waals surface area contributed by atoms with Crippen LogP contribution in [0.1, 0.15) is 11.1 Å². The second kappa shape index (κ2) is 8.62. The molecule has 0 radical (unpaired) electrons. The number of nitrogens with zero attached hydrogens (tertiary/aromatic N) is 3. The van der Waals surface area contributed by atoms with E-state index in [9.17, 15) is 4.39 Å². The molecule has 0 aliphatic carbocycles. The van der Waals surface area contributed by atoms with Crippen LogP contribution >= 0.6 is 12.2 Å². The molecular weight excluding hydrogens is 387 g/mol. The van der Waals surface area contributed by atoms with Crippen LogP contribution in [-0.2, 0) is 6.61 Å². The van der Waals surface area contributed by atoms with Gasteiger partial charge in [0.2, 0.25) is 4.77 Å². The first-order valence-corrected chi connectivity index (χ1v) is 9.34. The molecule has 0 spiro atoms. The average Bonchev–Trinajstić information content (AvgIpc) is 3.12. The summed E-state index contributed by atoms with van der Waals surface area (Å²) in [6, 6.07) is 23.5. The van der Waals surface area contributed by atoms with Crippen molar-refractivity contribution in [2.45, 2.75) is 6.61 Å². The van der Waals surface area contributed by atoms with Crippen LogP contribution in [0.5, 0.6) is 5.75 Å². The second-order valence-electron chi connectivity index (χ2n) is 6.26. The molecule has 1 N–H and O–H groups in total. The molecule has 3 aromatic carbocycles. The highest BCUT2D eigenvalue weighted by molar-refractivity contribution is 7.71. The van der Waals surface area contributed by atoms with E-state index in [1.807, 2.05) is 60.7 Å². The van der Waals surface area contributed by atoms with E-state index in [2.05, 4.69) is 15.3 Å². The van der Waals surface area contributed by atoms with Gasteiger partial charge < -0.3 is 4.74 Å². The first kappa shape index (κ1) is 18.8. The minimum Gasteiger partial charge on any atom is -0.489 e. The fourth-order valence-electron chi connectivity index (χ4n) is 2.74. The van der Waals surface area contributed by atoms with Crippen molar-refractivity contribution in [3.05, 3.63) is 101 Å². The normalized spacial score (nSPS) is 11.1. The van der Waals surface area contributed by atoms with Crippen LogP contribution in [0.4, 0.5) is 4.39 Å². The number of hydrogen-bond acceptors (Lipinski definition) is 4. The molecule has 1 aromatic heterocycles. The summed E-state index contributed by atoms with van der Waals surface area (Å²) >= 11 is 5.28. The Morgan fingerprint density at radius 3 is 2.59 bits per heavy atom. The molecule has 29 heavy (non-hydrogen) atoms. The van der Waals surface area contributed by atoms with Crippen LogP contribution < -0.4 is 4.74 Å². The lowest BCUT2D eigenvalue weighted by Crippen LogP contribution is -1.97. The molecule has 0 saturated heterocycles. The van der Waals surface area contributed by atoms with Crippen LogP contribution in [0.15, 0.2) is 84.0 Å². The summed E-state index contributed by atoms with van der Waals surface area (Å²) in [5.74, 6) is 1.06. The molecule has 0 atom stereocenters. The van der Waals surface area contributed by atoms with Crippen LogP contribution in [0.25, 0.3) is 11.4 Å². The van der Waals surface area contributed by atoms with E-state index in [1.165, 1.54) is 12.1 Å². The molecule has 0 unspecified atom stereocenters. The standard InChI is InChI=1S/C22H17FN4OS/c23-19-8-4-5-17(13-19)15-28-20-11-9-16(10-12-20)14-24-27-21(25-26-22(27)29)18-6-2-1-3-7-18/h1-14H,15H2,(H,26,29)/b24-14+. The van der Waals surface area contributed by atoms with Crippen molar-refractivity contribution in [1.29, 1.82) is 0 Å². The summed E-state index contributed by atoms with van der Waals surface area (Å²) in [6.45, 7) is 0.301. The zero-order valence-electron chi connectivity index (χ0n) is 15.3. The van der Waals surface area contributed by atoms with Crippen molar-refractivity contribution in [2.24, 2.45) is 5.10 Å². The highest BCUT2D eigenvalue weighted by Gasteiger charge is 2.07. The first-order chi connectivity index (χ1) is 14.2. The maximum absolute atomic E-state index is 13.2. The smallest absolute Gasteiger partial charge is 0.216 e. The Hall–Kier alpha value is -3.58. The molecule has 4 aromatic rings. The summed E-state index contributed by atoms with van der Waals surface area (Å²) in [4.78, 5) is 0. The van der Waals surface area contributed by atoms with Gasteiger partial charge in [-0.1, -0.05) is 42.5 Å². The van der Waals surface area contributed by atoms with E-state index in [-0.39, 0.29) is 5.82 Å². The number of aromatic amines is 1. The van der Waals surface area contributed by atoms with Crippen molar-refractivity contribution in [2.75, 3.05) is 0 Å². The number of aromatic nitrogens is 3. The lowest BCUT2D eigenvalue weighted by atomic mass is 10.2. The molecular formula is C22H17FN4OS. The average molecular weight is 404 g/mol. The monoisotopic (exact) mass is 404 g/mol. The third-order valence-corrected chi connectivity index (χ3v) is 4.44. The van der Waals surface area contributed by atoms with Gasteiger partial charge in [-0.2, -0.15) is 14.9 Å². The van der Waals surface area contributed by atoms with E-state index in [0.717, 1.165) is 16.7 Å². The van der Waals surface area contributed by atoms with Crippen molar-refractivity contribution in [1.82, 2.24) is 14.9 Å². The zero-order valence-corrected chi connectivity index (χ0v) is 16.1. The van der Waals surface area contributed by atoms with Crippen molar-refractivity contribution in [3.8, 4) is 17.1 Å². The Labute approximate surface area is 172 Å². The molecule has 144 valence electrons. The van der Waals surface area contributed by atoms with Crippen molar-refractivity contribution >= 4 is 18.4 Å². The minimum atomic E-state index is -0.273. The van der Waals surface area contributed by atoms with Gasteiger partial charge in [-0.15, -0.1) is 0 Å². The highest BCUT2D eigenvalue weighted by Crippen LogP contribution is 2.17. The number of hydrogen-bond donors (Lipinski definition) is 1. The fourth-order valence-corrected chi connectivity index (χ4v) is 2.92. The SMILES string of the molecule is Fc1cccc(COc2ccc(/C=N/n3c(-c4ccccc4)n[nH]c3=S)cc2)c1. The molecule has 0 fully saturated rings. The van der Waals surface area contributed by atoms with Gasteiger partial charge in [-0.3, -0.25) is 0 Å². The van der Waals surface area contributed by atoms with Gasteiger partial charge in [0, 0.05) is 5.56 Å². The first-order valence-electron chi connectivity index (χ1n) is 8.93. The fraction of sp³-hybridized carbons (Fsp3) is 0.0455. The van der Waals surface area contributed by atoms with Crippen molar-refractivity contribution in [3.63, 3.8) is 0 Å². The Bertz CT molecular complexity index is 1180. The molecule has 1 heterocycles. The maximum atomic E-state index is 13.2. The maximum Gasteiger partial charge on any atom is 0.216 e. The number of halogens is 1. The molecule has 0 aliphatic heterocycles. The van der Waals surface area contributed by atoms with Crippen molar-refractivity contribution < 1.29 is 9.13 Å². The largest absolute Gasteiger partial charge is 0.489 e. The predicted molar refractivity (Wildman–Crippen MR) is 113 cm³/mol. The van der Waals surface area contributed by atoms with Gasteiger partial charge in [0.25, 0.3) is 0 Å². The summed E-state index contributed by atoms with van der Waals surface area (Å²) in [7, 11) is 0. The lowest BCUT2D eigenvalue weighted by molar-refractivity contribution is 0.305. The molecule has 0 aliphatic rings. The quantitative estimate of drug-likeness (QED) is 0.355. The van der Waals surface area contributed by atoms with E-state index < -0.39 is 0 Å². The van der Waals surface area contributed by atoms with Gasteiger partial charge in [0.05, 0.1) is 6.21 Å². The van der Waals surface area contributed by atoms with Crippen LogP contribution in [0.2, 0.25) is 0 Å². The summed E-state index contributed by atoms with van der Waals surface area (Å²) in [5, 5.41) is 11.5. The Kier molecular flexibility index (Phi) is 5.58. The molecule has 4 rings (SSSR count). The third kappa shape index (κ3) is 4.64. The molecule has 0 bridgehead atoms. The Balaban J connectivity index is 1.46. The highest BCUT2D eigenvalue weighted by atomic mass is 32.1. The number of ether oxygens (including phenoxy) is 1. The van der Waals surface area contributed by atoms with Gasteiger partial charge in [0.15, 0.2) is 5.82 Å². The molecule has 0 amide bonds. The van der Waals surface area contributed by atoms with Crippen LogP contribution in [0, 0.1) is 10.6 Å². The van der Waals surface area contributed by atoms with Gasteiger partial charge >= 0.3 is 0 Å². The zero-order chi connectivity index (χ0) is 20.1. The summed E-state index contributed by atoms with van der Waals surface area (Å²) in [5.41, 5.74) is 2.57. The number of rotatable bonds is 6.